The summed E-state index contributed by atoms with van der Waals surface area (Å²) in [5, 5.41) is 11.0. The minimum atomic E-state index is -0.705. The van der Waals surface area contributed by atoms with Crippen LogP contribution in [0.3, 0.4) is 0 Å². The van der Waals surface area contributed by atoms with Gasteiger partial charge in [0.15, 0.2) is 0 Å². The SMILES string of the molecule is COc1cc(C(O)c2cccc(Br)c2C)ccc1Cl. The lowest BCUT2D eigenvalue weighted by atomic mass is 9.97. The third kappa shape index (κ3) is 2.94. The van der Waals surface area contributed by atoms with Gasteiger partial charge in [0.1, 0.15) is 11.9 Å². The first kappa shape index (κ1) is 14.4. The molecule has 0 fully saturated rings. The van der Waals surface area contributed by atoms with Crippen molar-refractivity contribution in [2.24, 2.45) is 0 Å². The minimum Gasteiger partial charge on any atom is -0.495 e. The second-order valence-electron chi connectivity index (χ2n) is 4.25. The molecule has 0 bridgehead atoms. The lowest BCUT2D eigenvalue weighted by Crippen LogP contribution is -2.03. The van der Waals surface area contributed by atoms with Crippen molar-refractivity contribution in [2.45, 2.75) is 13.0 Å². The second-order valence-corrected chi connectivity index (χ2v) is 5.51. The maximum atomic E-state index is 10.5. The van der Waals surface area contributed by atoms with Crippen LogP contribution in [0.1, 0.15) is 22.8 Å². The van der Waals surface area contributed by atoms with Crippen molar-refractivity contribution < 1.29 is 9.84 Å². The lowest BCUT2D eigenvalue weighted by molar-refractivity contribution is 0.219. The summed E-state index contributed by atoms with van der Waals surface area (Å²) < 4.78 is 6.15. The van der Waals surface area contributed by atoms with Gasteiger partial charge in [-0.25, -0.2) is 0 Å². The first-order chi connectivity index (χ1) is 9.04. The molecule has 1 atom stereocenters. The maximum Gasteiger partial charge on any atom is 0.137 e. The van der Waals surface area contributed by atoms with E-state index in [1.54, 1.807) is 25.3 Å². The summed E-state index contributed by atoms with van der Waals surface area (Å²) in [5.74, 6) is 0.561. The van der Waals surface area contributed by atoms with Crippen LogP contribution in [0.15, 0.2) is 40.9 Å². The Balaban J connectivity index is 2.44. The second kappa shape index (κ2) is 5.95. The molecule has 0 radical (unpaired) electrons. The first-order valence-corrected chi connectivity index (χ1v) is 6.98. The number of benzene rings is 2. The highest BCUT2D eigenvalue weighted by atomic mass is 79.9. The molecule has 1 N–H and O–H groups in total. The van der Waals surface area contributed by atoms with Crippen LogP contribution in [0.25, 0.3) is 0 Å². The maximum absolute atomic E-state index is 10.5. The fourth-order valence-corrected chi connectivity index (χ4v) is 2.52. The van der Waals surface area contributed by atoms with Crippen LogP contribution in [0.4, 0.5) is 0 Å². The van der Waals surface area contributed by atoms with E-state index < -0.39 is 6.10 Å². The molecule has 2 aromatic carbocycles. The van der Waals surface area contributed by atoms with Gasteiger partial charge in [-0.05, 0) is 41.8 Å². The van der Waals surface area contributed by atoms with Gasteiger partial charge in [-0.3, -0.25) is 0 Å². The quantitative estimate of drug-likeness (QED) is 0.890. The van der Waals surface area contributed by atoms with Crippen molar-refractivity contribution in [2.75, 3.05) is 7.11 Å². The Morgan fingerprint density at radius 2 is 2.00 bits per heavy atom. The molecule has 2 rings (SSSR count). The van der Waals surface area contributed by atoms with E-state index in [9.17, 15) is 5.11 Å². The lowest BCUT2D eigenvalue weighted by Gasteiger charge is -2.16. The van der Waals surface area contributed by atoms with Gasteiger partial charge in [0.2, 0.25) is 0 Å². The molecule has 0 amide bonds. The van der Waals surface area contributed by atoms with E-state index in [2.05, 4.69) is 15.9 Å². The van der Waals surface area contributed by atoms with Crippen molar-refractivity contribution in [1.82, 2.24) is 0 Å². The number of rotatable bonds is 3. The Morgan fingerprint density at radius 3 is 2.68 bits per heavy atom. The van der Waals surface area contributed by atoms with Gasteiger partial charge in [0, 0.05) is 4.47 Å². The minimum absolute atomic E-state index is 0.532. The molecule has 0 aliphatic rings. The van der Waals surface area contributed by atoms with Crippen molar-refractivity contribution in [1.29, 1.82) is 0 Å². The monoisotopic (exact) mass is 340 g/mol. The molecular formula is C15H14BrClO2. The molecule has 1 unspecified atom stereocenters. The normalized spacial score (nSPS) is 12.3. The van der Waals surface area contributed by atoms with E-state index >= 15 is 0 Å². The van der Waals surface area contributed by atoms with E-state index in [1.165, 1.54) is 0 Å². The van der Waals surface area contributed by atoms with Crippen LogP contribution in [-0.2, 0) is 0 Å². The van der Waals surface area contributed by atoms with Gasteiger partial charge in [-0.15, -0.1) is 0 Å². The summed E-state index contributed by atoms with van der Waals surface area (Å²) in [6.45, 7) is 1.97. The molecule has 0 aromatic heterocycles. The fourth-order valence-electron chi connectivity index (χ4n) is 1.95. The summed E-state index contributed by atoms with van der Waals surface area (Å²) >= 11 is 9.46. The standard InChI is InChI=1S/C15H14BrClO2/c1-9-11(4-3-5-12(9)16)15(18)10-6-7-13(17)14(8-10)19-2/h3-8,15,18H,1-2H3. The van der Waals surface area contributed by atoms with Crippen LogP contribution >= 0.6 is 27.5 Å². The van der Waals surface area contributed by atoms with Crippen LogP contribution in [0, 0.1) is 6.92 Å². The summed E-state index contributed by atoms with van der Waals surface area (Å²) in [7, 11) is 1.56. The zero-order valence-corrected chi connectivity index (χ0v) is 13.0. The van der Waals surface area contributed by atoms with Crippen molar-refractivity contribution in [3.63, 3.8) is 0 Å². The molecule has 2 aromatic rings. The average molecular weight is 342 g/mol. The average Bonchev–Trinajstić information content (AvgIpc) is 2.41. The number of aliphatic hydroxyl groups is 1. The van der Waals surface area contributed by atoms with Crippen molar-refractivity contribution in [3.8, 4) is 5.75 Å². The number of hydrogen-bond acceptors (Lipinski definition) is 2. The van der Waals surface area contributed by atoms with Gasteiger partial charge in [0.25, 0.3) is 0 Å². The first-order valence-electron chi connectivity index (χ1n) is 5.81. The number of methoxy groups -OCH3 is 1. The topological polar surface area (TPSA) is 29.5 Å². The van der Waals surface area contributed by atoms with Crippen LogP contribution in [0.2, 0.25) is 5.02 Å². The Hall–Kier alpha value is -1.03. The molecule has 0 saturated carbocycles. The number of ether oxygens (including phenoxy) is 1. The zero-order chi connectivity index (χ0) is 14.0. The highest BCUT2D eigenvalue weighted by Crippen LogP contribution is 2.33. The Morgan fingerprint density at radius 1 is 1.26 bits per heavy atom. The molecular weight excluding hydrogens is 328 g/mol. The number of halogens is 2. The molecule has 0 heterocycles. The fraction of sp³-hybridized carbons (Fsp3) is 0.200. The molecule has 19 heavy (non-hydrogen) atoms. The Kier molecular flexibility index (Phi) is 4.50. The molecule has 0 spiro atoms. The summed E-state index contributed by atoms with van der Waals surface area (Å²) in [6, 6.07) is 11.1. The Labute approximate surface area is 126 Å². The van der Waals surface area contributed by atoms with E-state index in [-0.39, 0.29) is 0 Å². The zero-order valence-electron chi connectivity index (χ0n) is 10.7. The van der Waals surface area contributed by atoms with Gasteiger partial charge in [-0.2, -0.15) is 0 Å². The predicted molar refractivity (Wildman–Crippen MR) is 80.9 cm³/mol. The van der Waals surface area contributed by atoms with E-state index in [0.29, 0.717) is 10.8 Å². The van der Waals surface area contributed by atoms with Crippen molar-refractivity contribution >= 4 is 27.5 Å². The van der Waals surface area contributed by atoms with Gasteiger partial charge in [-0.1, -0.05) is 45.7 Å². The van der Waals surface area contributed by atoms with E-state index in [4.69, 9.17) is 16.3 Å². The summed E-state index contributed by atoms with van der Waals surface area (Å²) in [5.41, 5.74) is 2.63. The largest absolute Gasteiger partial charge is 0.495 e. The van der Waals surface area contributed by atoms with Gasteiger partial charge in [0.05, 0.1) is 12.1 Å². The third-order valence-electron chi connectivity index (χ3n) is 3.10. The molecule has 0 aliphatic heterocycles. The smallest absolute Gasteiger partial charge is 0.137 e. The molecule has 0 aliphatic carbocycles. The van der Waals surface area contributed by atoms with E-state index in [0.717, 1.165) is 21.2 Å². The number of hydrogen-bond donors (Lipinski definition) is 1. The van der Waals surface area contributed by atoms with Gasteiger partial charge < -0.3 is 9.84 Å². The van der Waals surface area contributed by atoms with Crippen LogP contribution < -0.4 is 4.74 Å². The van der Waals surface area contributed by atoms with Crippen LogP contribution in [0.5, 0.6) is 5.75 Å². The van der Waals surface area contributed by atoms with E-state index in [1.807, 2.05) is 25.1 Å². The summed E-state index contributed by atoms with van der Waals surface area (Å²) in [6.07, 6.45) is -0.705. The summed E-state index contributed by atoms with van der Waals surface area (Å²) in [4.78, 5) is 0. The van der Waals surface area contributed by atoms with Gasteiger partial charge >= 0.3 is 0 Å². The predicted octanol–water partition coefficient (Wildman–Crippen LogP) is 4.50. The number of aliphatic hydroxyl groups excluding tert-OH is 1. The highest BCUT2D eigenvalue weighted by molar-refractivity contribution is 9.10. The highest BCUT2D eigenvalue weighted by Gasteiger charge is 2.15. The molecule has 0 saturated heterocycles. The molecule has 100 valence electrons. The molecule has 2 nitrogen and oxygen atoms in total. The van der Waals surface area contributed by atoms with Crippen LogP contribution in [-0.4, -0.2) is 12.2 Å². The van der Waals surface area contributed by atoms with Crippen molar-refractivity contribution in [3.05, 3.63) is 62.6 Å². The third-order valence-corrected chi connectivity index (χ3v) is 4.27. The molecule has 4 heteroatoms. The Bertz CT molecular complexity index is 599.